The SMILES string of the molecule is Cc1ncccc1-c1ccccc1CNC(N)=NC(=O)c1ccc(CC(N)C(=O)O)cc1. The van der Waals surface area contributed by atoms with Crippen LogP contribution in [0.2, 0.25) is 0 Å². The Morgan fingerprint density at radius 1 is 1.06 bits per heavy atom. The highest BCUT2D eigenvalue weighted by Crippen LogP contribution is 2.25. The minimum atomic E-state index is -1.08. The van der Waals surface area contributed by atoms with Crippen molar-refractivity contribution in [1.29, 1.82) is 0 Å². The van der Waals surface area contributed by atoms with E-state index in [1.54, 1.807) is 30.5 Å². The number of aliphatic imine (C=N–C) groups is 1. The Balaban J connectivity index is 1.66. The number of benzene rings is 2. The third kappa shape index (κ3) is 5.77. The summed E-state index contributed by atoms with van der Waals surface area (Å²) in [6, 6.07) is 17.2. The van der Waals surface area contributed by atoms with Crippen LogP contribution >= 0.6 is 0 Å². The molecule has 3 rings (SSSR count). The number of carboxylic acids is 1. The van der Waals surface area contributed by atoms with E-state index in [9.17, 15) is 9.59 Å². The molecule has 0 aliphatic carbocycles. The highest BCUT2D eigenvalue weighted by Gasteiger charge is 2.13. The second kappa shape index (κ2) is 10.3. The van der Waals surface area contributed by atoms with E-state index in [-0.39, 0.29) is 12.4 Å². The lowest BCUT2D eigenvalue weighted by molar-refractivity contribution is -0.138. The average molecular weight is 431 g/mol. The summed E-state index contributed by atoms with van der Waals surface area (Å²) in [5.41, 5.74) is 16.5. The minimum Gasteiger partial charge on any atom is -0.480 e. The number of hydrogen-bond donors (Lipinski definition) is 4. The number of pyridine rings is 1. The lowest BCUT2D eigenvalue weighted by Gasteiger charge is -2.12. The van der Waals surface area contributed by atoms with Gasteiger partial charge in [-0.3, -0.25) is 14.6 Å². The molecule has 32 heavy (non-hydrogen) atoms. The van der Waals surface area contributed by atoms with E-state index < -0.39 is 17.9 Å². The zero-order valence-electron chi connectivity index (χ0n) is 17.7. The van der Waals surface area contributed by atoms with Crippen molar-refractivity contribution >= 4 is 17.8 Å². The molecule has 0 saturated heterocycles. The first-order chi connectivity index (χ1) is 15.3. The number of amides is 1. The maximum Gasteiger partial charge on any atom is 0.320 e. The van der Waals surface area contributed by atoms with Crippen molar-refractivity contribution in [3.8, 4) is 11.1 Å². The fourth-order valence-corrected chi connectivity index (χ4v) is 3.23. The van der Waals surface area contributed by atoms with Crippen LogP contribution in [0, 0.1) is 6.92 Å². The highest BCUT2D eigenvalue weighted by molar-refractivity contribution is 6.02. The summed E-state index contributed by atoms with van der Waals surface area (Å²) in [6.07, 6.45) is 1.93. The first-order valence-electron chi connectivity index (χ1n) is 10.0. The van der Waals surface area contributed by atoms with Crippen LogP contribution in [0.3, 0.4) is 0 Å². The monoisotopic (exact) mass is 431 g/mol. The van der Waals surface area contributed by atoms with E-state index in [0.29, 0.717) is 17.7 Å². The van der Waals surface area contributed by atoms with Gasteiger partial charge in [0.2, 0.25) is 0 Å². The van der Waals surface area contributed by atoms with Crippen LogP contribution in [0.4, 0.5) is 0 Å². The maximum atomic E-state index is 12.4. The van der Waals surface area contributed by atoms with Crippen LogP contribution in [-0.2, 0) is 17.8 Å². The summed E-state index contributed by atoms with van der Waals surface area (Å²) in [4.78, 5) is 31.5. The number of rotatable bonds is 7. The van der Waals surface area contributed by atoms with Gasteiger partial charge in [-0.05, 0) is 48.2 Å². The molecule has 8 nitrogen and oxygen atoms in total. The molecule has 1 aromatic heterocycles. The number of aromatic nitrogens is 1. The molecule has 0 aliphatic rings. The number of hydrogen-bond acceptors (Lipinski definition) is 4. The lowest BCUT2D eigenvalue weighted by atomic mass is 9.99. The Labute approximate surface area is 186 Å². The predicted octanol–water partition coefficient (Wildman–Crippen LogP) is 2.26. The summed E-state index contributed by atoms with van der Waals surface area (Å²) in [5, 5.41) is 11.9. The quantitative estimate of drug-likeness (QED) is 0.332. The zero-order valence-corrected chi connectivity index (χ0v) is 17.7. The molecular weight excluding hydrogens is 406 g/mol. The Morgan fingerprint density at radius 2 is 1.75 bits per heavy atom. The maximum absolute atomic E-state index is 12.4. The van der Waals surface area contributed by atoms with E-state index in [0.717, 1.165) is 22.4 Å². The number of carboxylic acid groups (broad SMARTS) is 1. The van der Waals surface area contributed by atoms with Crippen molar-refractivity contribution in [2.45, 2.75) is 25.9 Å². The van der Waals surface area contributed by atoms with Crippen LogP contribution < -0.4 is 16.8 Å². The van der Waals surface area contributed by atoms with E-state index in [2.05, 4.69) is 15.3 Å². The summed E-state index contributed by atoms with van der Waals surface area (Å²) < 4.78 is 0. The van der Waals surface area contributed by atoms with Gasteiger partial charge in [-0.15, -0.1) is 0 Å². The minimum absolute atomic E-state index is 0.00434. The van der Waals surface area contributed by atoms with Crippen molar-refractivity contribution in [3.05, 3.63) is 89.2 Å². The standard InChI is InChI=1S/C24H25N5O3/c1-15-19(7-4-12-27-15)20-6-3-2-5-18(20)14-28-24(26)29-22(30)17-10-8-16(9-11-17)13-21(25)23(31)32/h2-12,21H,13-14,25H2,1H3,(H,31,32)(H3,26,28,29,30). The van der Waals surface area contributed by atoms with Gasteiger partial charge in [-0.2, -0.15) is 4.99 Å². The van der Waals surface area contributed by atoms with Crippen molar-refractivity contribution in [2.75, 3.05) is 0 Å². The Kier molecular flexibility index (Phi) is 7.30. The van der Waals surface area contributed by atoms with Gasteiger partial charge in [0, 0.05) is 29.6 Å². The summed E-state index contributed by atoms with van der Waals surface area (Å²) in [7, 11) is 0. The fourth-order valence-electron chi connectivity index (χ4n) is 3.23. The molecule has 8 heteroatoms. The largest absolute Gasteiger partial charge is 0.480 e. The van der Waals surface area contributed by atoms with E-state index in [1.165, 1.54) is 0 Å². The van der Waals surface area contributed by atoms with E-state index in [4.69, 9.17) is 16.6 Å². The molecule has 1 unspecified atom stereocenters. The Morgan fingerprint density at radius 3 is 2.44 bits per heavy atom. The number of carbonyl (C=O) groups excluding carboxylic acids is 1. The fraction of sp³-hybridized carbons (Fsp3) is 0.167. The number of aryl methyl sites for hydroxylation is 1. The van der Waals surface area contributed by atoms with Gasteiger partial charge in [-0.1, -0.05) is 42.5 Å². The number of aliphatic carboxylic acids is 1. The molecule has 0 spiro atoms. The number of nitrogens with one attached hydrogen (secondary N) is 1. The van der Waals surface area contributed by atoms with Crippen LogP contribution in [-0.4, -0.2) is 34.0 Å². The van der Waals surface area contributed by atoms with Gasteiger partial charge in [-0.25, -0.2) is 0 Å². The normalized spacial score (nSPS) is 12.2. The number of carbonyl (C=O) groups is 2. The molecule has 6 N–H and O–H groups in total. The van der Waals surface area contributed by atoms with Gasteiger partial charge in [0.15, 0.2) is 5.96 Å². The van der Waals surface area contributed by atoms with Crippen LogP contribution in [0.5, 0.6) is 0 Å². The second-order valence-corrected chi connectivity index (χ2v) is 7.30. The van der Waals surface area contributed by atoms with Crippen LogP contribution in [0.1, 0.15) is 27.2 Å². The number of guanidine groups is 1. The molecule has 3 aromatic rings. The molecule has 0 radical (unpaired) electrons. The highest BCUT2D eigenvalue weighted by atomic mass is 16.4. The summed E-state index contributed by atoms with van der Waals surface area (Å²) in [6.45, 7) is 2.34. The molecule has 2 aromatic carbocycles. The van der Waals surface area contributed by atoms with Gasteiger partial charge in [0.1, 0.15) is 6.04 Å². The third-order valence-corrected chi connectivity index (χ3v) is 4.97. The molecule has 0 saturated carbocycles. The first-order valence-corrected chi connectivity index (χ1v) is 10.0. The molecule has 0 bridgehead atoms. The average Bonchev–Trinajstić information content (AvgIpc) is 2.78. The summed E-state index contributed by atoms with van der Waals surface area (Å²) >= 11 is 0. The predicted molar refractivity (Wildman–Crippen MR) is 123 cm³/mol. The molecular formula is C24H25N5O3. The summed E-state index contributed by atoms with van der Waals surface area (Å²) in [5.74, 6) is -1.57. The van der Waals surface area contributed by atoms with Crippen LogP contribution in [0.15, 0.2) is 71.9 Å². The van der Waals surface area contributed by atoms with Crippen molar-refractivity contribution < 1.29 is 14.7 Å². The van der Waals surface area contributed by atoms with Gasteiger partial charge >= 0.3 is 5.97 Å². The molecule has 1 heterocycles. The van der Waals surface area contributed by atoms with Gasteiger partial charge < -0.3 is 21.9 Å². The molecule has 0 aliphatic heterocycles. The van der Waals surface area contributed by atoms with Gasteiger partial charge in [0.05, 0.1) is 0 Å². The smallest absolute Gasteiger partial charge is 0.320 e. The van der Waals surface area contributed by atoms with Crippen LogP contribution in [0.25, 0.3) is 11.1 Å². The third-order valence-electron chi connectivity index (χ3n) is 4.97. The number of nitrogens with two attached hydrogens (primary N) is 2. The Hall–Kier alpha value is -4.04. The Bertz CT molecular complexity index is 1140. The molecule has 1 atom stereocenters. The van der Waals surface area contributed by atoms with E-state index >= 15 is 0 Å². The van der Waals surface area contributed by atoms with E-state index in [1.807, 2.05) is 43.3 Å². The van der Waals surface area contributed by atoms with Crippen molar-refractivity contribution in [1.82, 2.24) is 10.3 Å². The number of nitrogens with zero attached hydrogens (tertiary/aromatic N) is 2. The molecule has 0 fully saturated rings. The van der Waals surface area contributed by atoms with Crippen molar-refractivity contribution in [3.63, 3.8) is 0 Å². The second-order valence-electron chi connectivity index (χ2n) is 7.30. The van der Waals surface area contributed by atoms with Crippen molar-refractivity contribution in [2.24, 2.45) is 16.5 Å². The lowest BCUT2D eigenvalue weighted by Crippen LogP contribution is -2.32. The zero-order chi connectivity index (χ0) is 23.1. The van der Waals surface area contributed by atoms with Gasteiger partial charge in [0.25, 0.3) is 5.91 Å². The first kappa shape index (κ1) is 22.6. The topological polar surface area (TPSA) is 144 Å². The molecule has 1 amide bonds. The molecule has 164 valence electrons.